The molecule has 0 saturated carbocycles. The van der Waals surface area contributed by atoms with Gasteiger partial charge in [-0.15, -0.1) is 0 Å². The van der Waals surface area contributed by atoms with E-state index in [4.69, 9.17) is 23.2 Å². The molecule has 0 unspecified atom stereocenters. The Balaban J connectivity index is 2.41. The maximum absolute atomic E-state index is 11.8. The van der Waals surface area contributed by atoms with Gasteiger partial charge in [0.15, 0.2) is 0 Å². The quantitative estimate of drug-likeness (QED) is 0.790. The average molecular weight is 304 g/mol. The molecule has 5 nitrogen and oxygen atoms in total. The lowest BCUT2D eigenvalue weighted by Crippen LogP contribution is -2.31. The second kappa shape index (κ2) is 7.96. The van der Waals surface area contributed by atoms with Crippen LogP contribution in [0.1, 0.15) is 30.1 Å². The van der Waals surface area contributed by atoms with Crippen molar-refractivity contribution in [1.82, 2.24) is 15.6 Å². The molecule has 1 aromatic heterocycles. The lowest BCUT2D eigenvalue weighted by Gasteiger charge is -2.07. The Morgan fingerprint density at radius 3 is 2.58 bits per heavy atom. The molecule has 0 atom stereocenters. The minimum Gasteiger partial charge on any atom is -0.356 e. The highest BCUT2D eigenvalue weighted by atomic mass is 35.5. The van der Waals surface area contributed by atoms with Gasteiger partial charge in [0.2, 0.25) is 5.91 Å². The fourth-order valence-electron chi connectivity index (χ4n) is 1.32. The third-order valence-electron chi connectivity index (χ3n) is 2.27. The first-order valence-corrected chi connectivity index (χ1v) is 6.67. The molecule has 0 aromatic carbocycles. The summed E-state index contributed by atoms with van der Waals surface area (Å²) in [6.45, 7) is 2.85. The van der Waals surface area contributed by atoms with E-state index >= 15 is 0 Å². The lowest BCUT2D eigenvalue weighted by molar-refractivity contribution is -0.120. The smallest absolute Gasteiger partial charge is 0.254 e. The molecule has 0 spiro atoms. The van der Waals surface area contributed by atoms with Crippen molar-refractivity contribution in [2.45, 2.75) is 19.8 Å². The van der Waals surface area contributed by atoms with E-state index in [1.807, 2.05) is 6.92 Å². The fourth-order valence-corrected chi connectivity index (χ4v) is 1.75. The Morgan fingerprint density at radius 2 is 1.95 bits per heavy atom. The molecule has 0 fully saturated rings. The molecule has 2 N–H and O–H groups in total. The number of hydrogen-bond acceptors (Lipinski definition) is 3. The van der Waals surface area contributed by atoms with Gasteiger partial charge in [0, 0.05) is 19.5 Å². The summed E-state index contributed by atoms with van der Waals surface area (Å²) in [5.41, 5.74) is 0.236. The van der Waals surface area contributed by atoms with E-state index in [0.717, 1.165) is 6.42 Å². The van der Waals surface area contributed by atoms with Crippen LogP contribution in [0.5, 0.6) is 0 Å². The lowest BCUT2D eigenvalue weighted by atomic mass is 10.2. The van der Waals surface area contributed by atoms with Gasteiger partial charge in [-0.05, 0) is 18.6 Å². The van der Waals surface area contributed by atoms with Gasteiger partial charge >= 0.3 is 0 Å². The Kier molecular flexibility index (Phi) is 6.59. The first-order valence-electron chi connectivity index (χ1n) is 5.91. The molecule has 0 saturated heterocycles. The van der Waals surface area contributed by atoms with E-state index < -0.39 is 0 Å². The highest BCUT2D eigenvalue weighted by Crippen LogP contribution is 2.16. The molecule has 19 heavy (non-hydrogen) atoms. The van der Waals surface area contributed by atoms with Crippen molar-refractivity contribution in [2.75, 3.05) is 13.1 Å². The van der Waals surface area contributed by atoms with Gasteiger partial charge in [-0.3, -0.25) is 9.59 Å². The third kappa shape index (κ3) is 5.44. The van der Waals surface area contributed by atoms with Crippen molar-refractivity contribution >= 4 is 35.0 Å². The van der Waals surface area contributed by atoms with E-state index in [0.29, 0.717) is 6.54 Å². The second-order valence-electron chi connectivity index (χ2n) is 3.83. The Morgan fingerprint density at radius 1 is 1.21 bits per heavy atom. The second-order valence-corrected chi connectivity index (χ2v) is 4.57. The molecule has 0 aliphatic heterocycles. The number of pyridine rings is 1. The molecular weight excluding hydrogens is 289 g/mol. The summed E-state index contributed by atoms with van der Waals surface area (Å²) in [7, 11) is 0. The summed E-state index contributed by atoms with van der Waals surface area (Å²) in [5, 5.41) is 5.58. The third-order valence-corrected chi connectivity index (χ3v) is 2.77. The number of halogens is 2. The average Bonchev–Trinajstić information content (AvgIpc) is 2.36. The topological polar surface area (TPSA) is 71.1 Å². The summed E-state index contributed by atoms with van der Waals surface area (Å²) < 4.78 is 0. The number of carbonyl (C=O) groups is 2. The first-order chi connectivity index (χ1) is 9.04. The van der Waals surface area contributed by atoms with Crippen LogP contribution >= 0.6 is 23.2 Å². The van der Waals surface area contributed by atoms with Crippen molar-refractivity contribution in [1.29, 1.82) is 0 Å². The number of aromatic nitrogens is 1. The summed E-state index contributed by atoms with van der Waals surface area (Å²) in [5.74, 6) is -0.472. The number of nitrogens with zero attached hydrogens (tertiary/aromatic N) is 1. The van der Waals surface area contributed by atoms with Gasteiger partial charge in [0.05, 0.1) is 5.56 Å². The van der Waals surface area contributed by atoms with Crippen LogP contribution in [0.2, 0.25) is 10.3 Å². The van der Waals surface area contributed by atoms with Crippen LogP contribution in [0.3, 0.4) is 0 Å². The fraction of sp³-hybridized carbons (Fsp3) is 0.417. The van der Waals surface area contributed by atoms with Crippen molar-refractivity contribution in [3.63, 3.8) is 0 Å². The minimum atomic E-state index is -0.377. The SMILES string of the molecule is CCCNC(=O)CCNC(=O)c1ccc(Cl)nc1Cl. The predicted octanol–water partition coefficient (Wildman–Crippen LogP) is 2.03. The first kappa shape index (κ1) is 15.7. The standard InChI is InChI=1S/C12H15Cl2N3O2/c1-2-6-15-10(18)5-7-16-12(19)8-3-4-9(13)17-11(8)14/h3-4H,2,5-7H2,1H3,(H,15,18)(H,16,19). The molecule has 0 aliphatic rings. The van der Waals surface area contributed by atoms with Crippen LogP contribution < -0.4 is 10.6 Å². The Hall–Kier alpha value is -1.33. The molecule has 2 amide bonds. The van der Waals surface area contributed by atoms with Gasteiger partial charge < -0.3 is 10.6 Å². The molecule has 0 bridgehead atoms. The summed E-state index contributed by atoms with van der Waals surface area (Å²) in [6, 6.07) is 2.97. The maximum Gasteiger partial charge on any atom is 0.254 e. The highest BCUT2D eigenvalue weighted by molar-refractivity contribution is 6.34. The van der Waals surface area contributed by atoms with Crippen molar-refractivity contribution in [3.05, 3.63) is 28.0 Å². The number of nitrogens with one attached hydrogen (secondary N) is 2. The molecule has 1 heterocycles. The summed E-state index contributed by atoms with van der Waals surface area (Å²) in [6.07, 6.45) is 1.11. The van der Waals surface area contributed by atoms with Crippen molar-refractivity contribution in [3.8, 4) is 0 Å². The van der Waals surface area contributed by atoms with Gasteiger partial charge in [0.25, 0.3) is 5.91 Å². The van der Waals surface area contributed by atoms with Crippen LogP contribution in [0, 0.1) is 0 Å². The van der Waals surface area contributed by atoms with E-state index in [1.165, 1.54) is 12.1 Å². The van der Waals surface area contributed by atoms with Gasteiger partial charge in [-0.1, -0.05) is 30.1 Å². The zero-order chi connectivity index (χ0) is 14.3. The predicted molar refractivity (Wildman–Crippen MR) is 74.5 cm³/mol. The molecule has 0 radical (unpaired) electrons. The van der Waals surface area contributed by atoms with Crippen LogP contribution in [0.15, 0.2) is 12.1 Å². The van der Waals surface area contributed by atoms with Gasteiger partial charge in [-0.2, -0.15) is 0 Å². The van der Waals surface area contributed by atoms with Crippen molar-refractivity contribution < 1.29 is 9.59 Å². The zero-order valence-electron chi connectivity index (χ0n) is 10.5. The highest BCUT2D eigenvalue weighted by Gasteiger charge is 2.11. The van der Waals surface area contributed by atoms with E-state index in [9.17, 15) is 9.59 Å². The van der Waals surface area contributed by atoms with Gasteiger partial charge in [-0.25, -0.2) is 4.98 Å². The largest absolute Gasteiger partial charge is 0.356 e. The number of carbonyl (C=O) groups excluding carboxylic acids is 2. The minimum absolute atomic E-state index is 0.0421. The van der Waals surface area contributed by atoms with E-state index in [-0.39, 0.29) is 40.6 Å². The van der Waals surface area contributed by atoms with Crippen LogP contribution in [0.4, 0.5) is 0 Å². The molecule has 0 aliphatic carbocycles. The van der Waals surface area contributed by atoms with Crippen molar-refractivity contribution in [2.24, 2.45) is 0 Å². The normalized spacial score (nSPS) is 10.1. The molecule has 1 aromatic rings. The zero-order valence-corrected chi connectivity index (χ0v) is 12.0. The monoisotopic (exact) mass is 303 g/mol. The molecular formula is C12H15Cl2N3O2. The Labute approximate surface area is 121 Å². The van der Waals surface area contributed by atoms with Crippen LogP contribution in [-0.4, -0.2) is 29.9 Å². The van der Waals surface area contributed by atoms with Crippen LogP contribution in [0.25, 0.3) is 0 Å². The van der Waals surface area contributed by atoms with E-state index in [2.05, 4.69) is 15.6 Å². The van der Waals surface area contributed by atoms with Crippen LogP contribution in [-0.2, 0) is 4.79 Å². The number of rotatable bonds is 6. The summed E-state index contributed by atoms with van der Waals surface area (Å²) in [4.78, 5) is 26.8. The molecule has 1 rings (SSSR count). The molecule has 104 valence electrons. The summed E-state index contributed by atoms with van der Waals surface area (Å²) >= 11 is 11.4. The Bertz CT molecular complexity index is 466. The van der Waals surface area contributed by atoms with E-state index in [1.54, 1.807) is 0 Å². The molecule has 7 heteroatoms. The number of hydrogen-bond donors (Lipinski definition) is 2. The number of amides is 2. The maximum atomic E-state index is 11.8. The van der Waals surface area contributed by atoms with Gasteiger partial charge in [0.1, 0.15) is 10.3 Å².